The van der Waals surface area contributed by atoms with Gasteiger partial charge in [-0.15, -0.1) is 0 Å². The third kappa shape index (κ3) is 2.23. The molecule has 1 rings (SSSR count). The van der Waals surface area contributed by atoms with Crippen LogP contribution in [-0.2, 0) is 0 Å². The number of nitrogens with one attached hydrogen (secondary N) is 1. The Balaban J connectivity index is 2.71. The van der Waals surface area contributed by atoms with E-state index in [2.05, 4.69) is 15.3 Å². The summed E-state index contributed by atoms with van der Waals surface area (Å²) in [5, 5.41) is 2.88. The molecule has 0 aliphatic rings. The number of aromatic nitrogens is 1. The topological polar surface area (TPSA) is 63.3 Å². The highest BCUT2D eigenvalue weighted by molar-refractivity contribution is 5.91. The zero-order valence-electron chi connectivity index (χ0n) is 7.20. The number of anilines is 1. The van der Waals surface area contributed by atoms with E-state index in [-0.39, 0.29) is 0 Å². The molecule has 0 aliphatic heterocycles. The first kappa shape index (κ1) is 8.52. The van der Waals surface area contributed by atoms with E-state index in [0.29, 0.717) is 5.96 Å². The van der Waals surface area contributed by atoms with Crippen molar-refractivity contribution in [3.8, 4) is 0 Å². The van der Waals surface area contributed by atoms with Gasteiger partial charge in [-0.3, -0.25) is 9.98 Å². The molecule has 3 N–H and O–H groups in total. The van der Waals surface area contributed by atoms with E-state index >= 15 is 0 Å². The fourth-order valence-corrected chi connectivity index (χ4v) is 0.746. The molecule has 0 unspecified atom stereocenters. The molecule has 0 amide bonds. The van der Waals surface area contributed by atoms with Crippen molar-refractivity contribution >= 4 is 11.6 Å². The lowest BCUT2D eigenvalue weighted by molar-refractivity contribution is 1.20. The van der Waals surface area contributed by atoms with E-state index in [1.54, 1.807) is 13.2 Å². The predicted molar refractivity (Wildman–Crippen MR) is 50.1 cm³/mol. The van der Waals surface area contributed by atoms with Gasteiger partial charge in [0.1, 0.15) is 0 Å². The molecule has 0 aromatic carbocycles. The molecule has 0 bridgehead atoms. The minimum Gasteiger partial charge on any atom is -0.370 e. The normalized spacial score (nSPS) is 11.3. The minimum absolute atomic E-state index is 0.389. The summed E-state index contributed by atoms with van der Waals surface area (Å²) in [5.41, 5.74) is 7.28. The van der Waals surface area contributed by atoms with Crippen LogP contribution in [0.1, 0.15) is 5.69 Å². The van der Waals surface area contributed by atoms with Crippen LogP contribution in [0, 0.1) is 6.92 Å². The Kier molecular flexibility index (Phi) is 2.63. The Labute approximate surface area is 71.5 Å². The molecule has 0 radical (unpaired) electrons. The molecular weight excluding hydrogens is 152 g/mol. The van der Waals surface area contributed by atoms with Gasteiger partial charge in [0, 0.05) is 12.7 Å². The Morgan fingerprint density at radius 3 is 2.83 bits per heavy atom. The molecule has 0 saturated heterocycles. The number of nitrogens with zero attached hydrogens (tertiary/aromatic N) is 2. The van der Waals surface area contributed by atoms with Gasteiger partial charge in [-0.25, -0.2) is 0 Å². The van der Waals surface area contributed by atoms with Crippen LogP contribution < -0.4 is 11.1 Å². The number of rotatable bonds is 1. The summed E-state index contributed by atoms with van der Waals surface area (Å²) in [4.78, 5) is 7.86. The maximum Gasteiger partial charge on any atom is 0.192 e. The van der Waals surface area contributed by atoms with Crippen LogP contribution >= 0.6 is 0 Å². The largest absolute Gasteiger partial charge is 0.370 e. The van der Waals surface area contributed by atoms with Gasteiger partial charge in [0.2, 0.25) is 0 Å². The van der Waals surface area contributed by atoms with Gasteiger partial charge in [-0.05, 0) is 19.1 Å². The molecule has 1 aromatic heterocycles. The van der Waals surface area contributed by atoms with Crippen molar-refractivity contribution in [2.75, 3.05) is 12.4 Å². The second kappa shape index (κ2) is 3.71. The number of hydrogen-bond acceptors (Lipinski definition) is 2. The molecule has 1 heterocycles. The third-order valence-corrected chi connectivity index (χ3v) is 1.42. The number of guanidine groups is 1. The molecule has 4 nitrogen and oxygen atoms in total. The predicted octanol–water partition coefficient (Wildman–Crippen LogP) is 0.746. The lowest BCUT2D eigenvalue weighted by Crippen LogP contribution is -2.21. The first-order chi connectivity index (χ1) is 5.72. The SMILES string of the molecule is CN=C(N)Nc1ccc(C)nc1. The second-order valence-electron chi connectivity index (χ2n) is 2.42. The van der Waals surface area contributed by atoms with Gasteiger partial charge in [-0.2, -0.15) is 0 Å². The van der Waals surface area contributed by atoms with Crippen LogP contribution in [0.3, 0.4) is 0 Å². The van der Waals surface area contributed by atoms with Gasteiger partial charge in [0.15, 0.2) is 5.96 Å². The summed E-state index contributed by atoms with van der Waals surface area (Å²) in [5.74, 6) is 0.389. The monoisotopic (exact) mass is 164 g/mol. The van der Waals surface area contributed by atoms with Crippen LogP contribution in [0.25, 0.3) is 0 Å². The maximum absolute atomic E-state index is 5.45. The average Bonchev–Trinajstić information content (AvgIpc) is 2.09. The summed E-state index contributed by atoms with van der Waals surface area (Å²) in [6.45, 7) is 1.93. The molecular formula is C8H12N4. The van der Waals surface area contributed by atoms with Crippen LogP contribution in [0.15, 0.2) is 23.3 Å². The average molecular weight is 164 g/mol. The molecule has 0 spiro atoms. The summed E-state index contributed by atoms with van der Waals surface area (Å²) in [6, 6.07) is 3.81. The first-order valence-electron chi connectivity index (χ1n) is 3.64. The molecule has 64 valence electrons. The number of aliphatic imine (C=N–C) groups is 1. The Morgan fingerprint density at radius 2 is 2.33 bits per heavy atom. The lowest BCUT2D eigenvalue weighted by Gasteiger charge is -2.03. The van der Waals surface area contributed by atoms with Crippen molar-refractivity contribution in [2.45, 2.75) is 6.92 Å². The molecule has 0 aliphatic carbocycles. The fourth-order valence-electron chi connectivity index (χ4n) is 0.746. The Hall–Kier alpha value is -1.58. The summed E-state index contributed by atoms with van der Waals surface area (Å²) in [7, 11) is 1.63. The smallest absolute Gasteiger partial charge is 0.192 e. The zero-order chi connectivity index (χ0) is 8.97. The maximum atomic E-state index is 5.45. The zero-order valence-corrected chi connectivity index (χ0v) is 7.20. The quantitative estimate of drug-likeness (QED) is 0.475. The number of pyridine rings is 1. The number of aryl methyl sites for hydroxylation is 1. The van der Waals surface area contributed by atoms with Crippen LogP contribution in [0.2, 0.25) is 0 Å². The van der Waals surface area contributed by atoms with Gasteiger partial charge in [-0.1, -0.05) is 0 Å². The van der Waals surface area contributed by atoms with Crippen molar-refractivity contribution < 1.29 is 0 Å². The standard InChI is InChI=1S/C8H12N4/c1-6-3-4-7(5-11-6)12-8(9)10-2/h3-5H,1-2H3,(H3,9,10,12). The number of nitrogens with two attached hydrogens (primary N) is 1. The highest BCUT2D eigenvalue weighted by Gasteiger charge is 1.92. The van der Waals surface area contributed by atoms with E-state index < -0.39 is 0 Å². The van der Waals surface area contributed by atoms with E-state index in [1.165, 1.54) is 0 Å². The lowest BCUT2D eigenvalue weighted by atomic mass is 10.3. The van der Waals surface area contributed by atoms with Crippen molar-refractivity contribution in [3.05, 3.63) is 24.0 Å². The van der Waals surface area contributed by atoms with E-state index in [9.17, 15) is 0 Å². The molecule has 0 fully saturated rings. The molecule has 12 heavy (non-hydrogen) atoms. The van der Waals surface area contributed by atoms with Gasteiger partial charge in [0.25, 0.3) is 0 Å². The van der Waals surface area contributed by atoms with Crippen LogP contribution in [-0.4, -0.2) is 18.0 Å². The van der Waals surface area contributed by atoms with Crippen LogP contribution in [0.5, 0.6) is 0 Å². The fraction of sp³-hybridized carbons (Fsp3) is 0.250. The highest BCUT2D eigenvalue weighted by atomic mass is 15.1. The second-order valence-corrected chi connectivity index (χ2v) is 2.42. The van der Waals surface area contributed by atoms with Gasteiger partial charge < -0.3 is 11.1 Å². The minimum atomic E-state index is 0.389. The molecule has 0 saturated carbocycles. The Morgan fingerprint density at radius 1 is 1.58 bits per heavy atom. The first-order valence-corrected chi connectivity index (χ1v) is 3.64. The highest BCUT2D eigenvalue weighted by Crippen LogP contribution is 2.03. The molecule has 0 atom stereocenters. The van der Waals surface area contributed by atoms with Crippen LogP contribution in [0.4, 0.5) is 5.69 Å². The summed E-state index contributed by atoms with van der Waals surface area (Å²) < 4.78 is 0. The summed E-state index contributed by atoms with van der Waals surface area (Å²) in [6.07, 6.45) is 1.72. The van der Waals surface area contributed by atoms with E-state index in [1.807, 2.05) is 19.1 Å². The van der Waals surface area contributed by atoms with Crippen molar-refractivity contribution in [2.24, 2.45) is 10.7 Å². The molecule has 1 aromatic rings. The van der Waals surface area contributed by atoms with E-state index in [4.69, 9.17) is 5.73 Å². The number of hydrogen-bond donors (Lipinski definition) is 2. The van der Waals surface area contributed by atoms with Crippen molar-refractivity contribution in [1.82, 2.24) is 4.98 Å². The third-order valence-electron chi connectivity index (χ3n) is 1.42. The van der Waals surface area contributed by atoms with Crippen molar-refractivity contribution in [1.29, 1.82) is 0 Å². The Bertz CT molecular complexity index is 276. The van der Waals surface area contributed by atoms with Gasteiger partial charge in [0.05, 0.1) is 11.9 Å². The van der Waals surface area contributed by atoms with E-state index in [0.717, 1.165) is 11.4 Å². The molecule has 4 heteroatoms. The van der Waals surface area contributed by atoms with Gasteiger partial charge >= 0.3 is 0 Å². The van der Waals surface area contributed by atoms with Crippen molar-refractivity contribution in [3.63, 3.8) is 0 Å². The summed E-state index contributed by atoms with van der Waals surface area (Å²) >= 11 is 0.